The molecule has 0 N–H and O–H groups in total. The molecule has 3 aromatic rings. The molecular weight excluding hydrogens is 524 g/mol. The Morgan fingerprint density at radius 1 is 1.07 bits per heavy atom. The quantitative estimate of drug-likeness (QED) is 0.214. The third-order valence-electron chi connectivity index (χ3n) is 9.28. The molecule has 3 atom stereocenters. The summed E-state index contributed by atoms with van der Waals surface area (Å²) in [6.07, 6.45) is 4.85. The van der Waals surface area contributed by atoms with Crippen molar-refractivity contribution in [3.05, 3.63) is 90.5 Å². The molecule has 1 saturated heterocycles. The number of ether oxygens (including phenoxy) is 2. The first-order valence-electron chi connectivity index (χ1n) is 15.2. The predicted octanol–water partition coefficient (Wildman–Crippen LogP) is 6.63. The maximum atomic E-state index is 14.3. The van der Waals surface area contributed by atoms with E-state index in [0.29, 0.717) is 37.4 Å². The lowest BCUT2D eigenvalue weighted by molar-refractivity contribution is -0.188. The number of fused-ring (bicyclic) bond motifs is 2. The summed E-state index contributed by atoms with van der Waals surface area (Å²) >= 11 is 0. The average Bonchev–Trinajstić information content (AvgIpc) is 2.98. The van der Waals surface area contributed by atoms with Crippen LogP contribution in [0.5, 0.6) is 5.75 Å². The van der Waals surface area contributed by atoms with Crippen LogP contribution in [0.1, 0.15) is 62.4 Å². The normalized spacial score (nSPS) is 24.2. The van der Waals surface area contributed by atoms with Crippen molar-refractivity contribution in [1.29, 1.82) is 0 Å². The zero-order chi connectivity index (χ0) is 29.9. The van der Waals surface area contributed by atoms with E-state index in [2.05, 4.69) is 54.5 Å². The third-order valence-corrected chi connectivity index (χ3v) is 9.28. The van der Waals surface area contributed by atoms with Crippen molar-refractivity contribution in [1.82, 2.24) is 9.80 Å². The molecule has 1 aliphatic heterocycles. The number of esters is 1. The molecular formula is C36H44N2O4. The minimum absolute atomic E-state index is 0.00721. The van der Waals surface area contributed by atoms with E-state index >= 15 is 0 Å². The van der Waals surface area contributed by atoms with Gasteiger partial charge in [-0.05, 0) is 78.7 Å². The van der Waals surface area contributed by atoms with Crippen LogP contribution in [0, 0.1) is 5.92 Å². The van der Waals surface area contributed by atoms with Crippen LogP contribution in [0.25, 0.3) is 10.8 Å². The number of piperidine rings is 1. The Balaban J connectivity index is 1.59. The molecule has 6 heteroatoms. The number of rotatable bonds is 9. The molecule has 0 radical (unpaired) electrons. The molecule has 5 rings (SSSR count). The summed E-state index contributed by atoms with van der Waals surface area (Å²) in [5.41, 5.74) is 0.613. The van der Waals surface area contributed by atoms with E-state index in [4.69, 9.17) is 9.47 Å². The zero-order valence-electron chi connectivity index (χ0n) is 25.5. The Bertz CT molecular complexity index is 1450. The topological polar surface area (TPSA) is 59.1 Å². The van der Waals surface area contributed by atoms with Crippen LogP contribution in [-0.2, 0) is 14.9 Å². The Hall–Kier alpha value is -3.64. The Morgan fingerprint density at radius 2 is 1.86 bits per heavy atom. The van der Waals surface area contributed by atoms with Gasteiger partial charge in [-0.1, -0.05) is 62.4 Å². The largest absolute Gasteiger partial charge is 0.497 e. The molecule has 0 aromatic heterocycles. The summed E-state index contributed by atoms with van der Waals surface area (Å²) in [5, 5.41) is 2.18. The van der Waals surface area contributed by atoms with E-state index in [1.807, 2.05) is 48.5 Å². The average molecular weight is 569 g/mol. The number of likely N-dealkylation sites (tertiary alicyclic amines) is 1. The highest BCUT2D eigenvalue weighted by atomic mass is 16.6. The molecule has 1 saturated carbocycles. The minimum Gasteiger partial charge on any atom is -0.497 e. The second-order valence-corrected chi connectivity index (χ2v) is 12.5. The van der Waals surface area contributed by atoms with Gasteiger partial charge in [-0.2, -0.15) is 0 Å². The number of nitrogens with zero attached hydrogens (tertiary/aromatic N) is 2. The lowest BCUT2D eigenvalue weighted by atomic mass is 9.54. The lowest BCUT2D eigenvalue weighted by Gasteiger charge is -2.60. The van der Waals surface area contributed by atoms with Crippen LogP contribution in [-0.4, -0.2) is 66.6 Å². The van der Waals surface area contributed by atoms with Gasteiger partial charge in [-0.25, -0.2) is 0 Å². The van der Waals surface area contributed by atoms with Crippen molar-refractivity contribution in [3.63, 3.8) is 0 Å². The van der Waals surface area contributed by atoms with Crippen molar-refractivity contribution < 1.29 is 19.1 Å². The smallest absolute Gasteiger partial charge is 0.303 e. The van der Waals surface area contributed by atoms with Gasteiger partial charge in [0.1, 0.15) is 11.4 Å². The molecule has 3 aromatic carbocycles. The van der Waals surface area contributed by atoms with Gasteiger partial charge in [-0.3, -0.25) is 14.5 Å². The Labute approximate surface area is 250 Å². The molecule has 1 amide bonds. The van der Waals surface area contributed by atoms with Gasteiger partial charge in [0.2, 0.25) is 0 Å². The first kappa shape index (κ1) is 29.8. The molecule has 0 spiro atoms. The number of hydrogen-bond donors (Lipinski definition) is 0. The van der Waals surface area contributed by atoms with Gasteiger partial charge in [0, 0.05) is 43.6 Å². The summed E-state index contributed by atoms with van der Waals surface area (Å²) in [4.78, 5) is 31.5. The second-order valence-electron chi connectivity index (χ2n) is 12.5. The molecule has 42 heavy (non-hydrogen) atoms. The maximum absolute atomic E-state index is 14.3. The monoisotopic (exact) mass is 568 g/mol. The third kappa shape index (κ3) is 5.69. The Morgan fingerprint density at radius 3 is 2.57 bits per heavy atom. The first-order chi connectivity index (χ1) is 20.2. The van der Waals surface area contributed by atoms with E-state index in [-0.39, 0.29) is 17.9 Å². The van der Waals surface area contributed by atoms with Crippen molar-refractivity contribution in [3.8, 4) is 5.75 Å². The van der Waals surface area contributed by atoms with Gasteiger partial charge < -0.3 is 14.4 Å². The number of benzene rings is 3. The fourth-order valence-electron chi connectivity index (χ4n) is 7.46. The van der Waals surface area contributed by atoms with Crippen LogP contribution in [0.15, 0.2) is 79.4 Å². The van der Waals surface area contributed by atoms with Gasteiger partial charge in [-0.15, -0.1) is 6.58 Å². The van der Waals surface area contributed by atoms with Gasteiger partial charge in [0.05, 0.1) is 7.11 Å². The summed E-state index contributed by atoms with van der Waals surface area (Å²) in [5.74, 6) is 0.870. The summed E-state index contributed by atoms with van der Waals surface area (Å²) in [6, 6.07) is 22.4. The van der Waals surface area contributed by atoms with E-state index in [1.165, 1.54) is 6.92 Å². The fraction of sp³-hybridized carbons (Fsp3) is 0.444. The zero-order valence-corrected chi connectivity index (χ0v) is 25.5. The van der Waals surface area contributed by atoms with Gasteiger partial charge >= 0.3 is 5.97 Å². The molecule has 1 heterocycles. The van der Waals surface area contributed by atoms with Crippen molar-refractivity contribution in [2.24, 2.45) is 5.92 Å². The predicted molar refractivity (Wildman–Crippen MR) is 168 cm³/mol. The molecule has 0 bridgehead atoms. The lowest BCUT2D eigenvalue weighted by Crippen LogP contribution is -2.68. The fourth-order valence-corrected chi connectivity index (χ4v) is 7.46. The SMILES string of the molecule is C=CCN1CCC2(c3cccc(OC)c3)CC(N(CC(C)C)C(=O)c3ccc4ccccc4c3)CCC2(OC(C)=O)C1. The van der Waals surface area contributed by atoms with E-state index in [0.717, 1.165) is 48.0 Å². The number of methoxy groups -OCH3 is 1. The van der Waals surface area contributed by atoms with Gasteiger partial charge in [0.25, 0.3) is 5.91 Å². The summed E-state index contributed by atoms with van der Waals surface area (Å²) in [6.45, 7) is 12.7. The standard InChI is InChI=1S/C36H44N2O4/c1-6-19-37-20-18-35(31-12-9-13-33(22-31)41-5)23-32(16-17-36(35,25-37)42-27(4)39)38(24-26(2)3)34(40)30-15-14-28-10-7-8-11-29(28)21-30/h6-15,21-22,26,32H,1,16-20,23-25H2,2-5H3. The number of hydrogen-bond acceptors (Lipinski definition) is 5. The Kier molecular flexibility index (Phi) is 8.74. The highest BCUT2D eigenvalue weighted by molar-refractivity contribution is 5.98. The highest BCUT2D eigenvalue weighted by Crippen LogP contribution is 2.55. The van der Waals surface area contributed by atoms with Crippen LogP contribution in [0.2, 0.25) is 0 Å². The number of amides is 1. The number of carbonyl (C=O) groups excluding carboxylic acids is 2. The number of carbonyl (C=O) groups is 2. The van der Waals surface area contributed by atoms with Crippen molar-refractivity contribution in [2.75, 3.05) is 33.3 Å². The van der Waals surface area contributed by atoms with Crippen LogP contribution < -0.4 is 4.74 Å². The molecule has 6 nitrogen and oxygen atoms in total. The molecule has 2 fully saturated rings. The van der Waals surface area contributed by atoms with Gasteiger partial charge in [0.15, 0.2) is 0 Å². The van der Waals surface area contributed by atoms with Crippen molar-refractivity contribution >= 4 is 22.6 Å². The first-order valence-corrected chi connectivity index (χ1v) is 15.2. The minimum atomic E-state index is -0.724. The maximum Gasteiger partial charge on any atom is 0.303 e. The van der Waals surface area contributed by atoms with E-state index in [1.54, 1.807) is 7.11 Å². The molecule has 1 aliphatic carbocycles. The van der Waals surface area contributed by atoms with Crippen LogP contribution in [0.4, 0.5) is 0 Å². The second kappa shape index (κ2) is 12.3. The summed E-state index contributed by atoms with van der Waals surface area (Å²) in [7, 11) is 1.68. The van der Waals surface area contributed by atoms with E-state index < -0.39 is 11.0 Å². The van der Waals surface area contributed by atoms with Crippen LogP contribution >= 0.6 is 0 Å². The molecule has 3 unspecified atom stereocenters. The molecule has 222 valence electrons. The summed E-state index contributed by atoms with van der Waals surface area (Å²) < 4.78 is 12.1. The van der Waals surface area contributed by atoms with Crippen molar-refractivity contribution in [2.45, 2.75) is 63.5 Å². The highest BCUT2D eigenvalue weighted by Gasteiger charge is 2.61. The van der Waals surface area contributed by atoms with Crippen LogP contribution in [0.3, 0.4) is 0 Å². The molecule has 2 aliphatic rings. The van der Waals surface area contributed by atoms with E-state index in [9.17, 15) is 9.59 Å².